The molecule has 0 unspecified atom stereocenters. The highest BCUT2D eigenvalue weighted by Crippen LogP contribution is 2.39. The summed E-state index contributed by atoms with van der Waals surface area (Å²) < 4.78 is 12.0. The number of rotatable bonds is 8. The fraction of sp³-hybridized carbons (Fsp3) is 0.400. The first-order valence-corrected chi connectivity index (χ1v) is 8.40. The van der Waals surface area contributed by atoms with Gasteiger partial charge in [0.05, 0.1) is 35.2 Å². The summed E-state index contributed by atoms with van der Waals surface area (Å²) in [6.07, 6.45) is 0. The molecule has 0 bridgehead atoms. The van der Waals surface area contributed by atoms with Gasteiger partial charge >= 0.3 is 11.4 Å². The van der Waals surface area contributed by atoms with Gasteiger partial charge in [-0.3, -0.25) is 20.2 Å². The summed E-state index contributed by atoms with van der Waals surface area (Å²) in [5.41, 5.74) is -1.22. The summed E-state index contributed by atoms with van der Waals surface area (Å²) in [7, 11) is 0. The number of ether oxygens (including phenoxy) is 2. The molecule has 1 aromatic carbocycles. The van der Waals surface area contributed by atoms with Crippen molar-refractivity contribution in [1.82, 2.24) is 0 Å². The lowest BCUT2D eigenvalue weighted by molar-refractivity contribution is -0.422. The number of halogens is 2. The van der Waals surface area contributed by atoms with Crippen molar-refractivity contribution in [2.45, 2.75) is 0 Å². The summed E-state index contributed by atoms with van der Waals surface area (Å²) >= 11 is 4.17. The zero-order valence-corrected chi connectivity index (χ0v) is 14.4. The van der Waals surface area contributed by atoms with Crippen molar-refractivity contribution in [3.63, 3.8) is 0 Å². The van der Waals surface area contributed by atoms with Gasteiger partial charge in [-0.1, -0.05) is 45.2 Å². The molecule has 0 amide bonds. The Morgan fingerprint density at radius 2 is 1.25 bits per heavy atom. The van der Waals surface area contributed by atoms with E-state index in [4.69, 9.17) is 9.47 Å². The van der Waals surface area contributed by atoms with Crippen molar-refractivity contribution in [2.75, 3.05) is 22.1 Å². The van der Waals surface area contributed by atoms with E-state index in [0.29, 0.717) is 22.1 Å². The van der Waals surface area contributed by atoms with E-state index in [-0.39, 0.29) is 11.5 Å². The lowest BCUT2D eigenvalue weighted by atomic mass is 10.2. The Balaban J connectivity index is 3.27. The molecule has 0 aliphatic rings. The molecule has 0 saturated heterocycles. The van der Waals surface area contributed by atoms with Crippen LogP contribution in [0.15, 0.2) is 12.1 Å². The summed E-state index contributed by atoms with van der Waals surface area (Å²) in [6.45, 7) is 0.659. The second kappa shape index (κ2) is 8.39. The van der Waals surface area contributed by atoms with Crippen LogP contribution < -0.4 is 9.47 Å². The zero-order valence-electron chi connectivity index (χ0n) is 10.1. The summed E-state index contributed by atoms with van der Waals surface area (Å²) in [6, 6.07) is 2.07. The lowest BCUT2D eigenvalue weighted by Gasteiger charge is -2.11. The number of nitro benzene ring substituents is 2. The van der Waals surface area contributed by atoms with Crippen LogP contribution in [0.5, 0.6) is 11.5 Å². The molecule has 0 spiro atoms. The van der Waals surface area contributed by atoms with Gasteiger partial charge in [0.1, 0.15) is 0 Å². The third-order valence-electron chi connectivity index (χ3n) is 2.10. The molecule has 8 nitrogen and oxygen atoms in total. The van der Waals surface area contributed by atoms with Gasteiger partial charge in [0.15, 0.2) is 11.5 Å². The Hall–Kier alpha value is -0.920. The number of alkyl halides is 2. The Bertz CT molecular complexity index is 466. The first-order chi connectivity index (χ1) is 9.51. The molecule has 0 heterocycles. The van der Waals surface area contributed by atoms with Gasteiger partial charge in [-0.2, -0.15) is 0 Å². The maximum absolute atomic E-state index is 10.9. The number of hydrogen-bond donors (Lipinski definition) is 0. The first-order valence-electron chi connectivity index (χ1n) is 5.35. The Morgan fingerprint density at radius 1 is 0.900 bits per heavy atom. The smallest absolute Gasteiger partial charge is 0.350 e. The van der Waals surface area contributed by atoms with Gasteiger partial charge < -0.3 is 9.47 Å². The van der Waals surface area contributed by atoms with Crippen LogP contribution in [-0.2, 0) is 0 Å². The number of hydrogen-bond acceptors (Lipinski definition) is 6. The monoisotopic (exact) mass is 508 g/mol. The van der Waals surface area contributed by atoms with E-state index in [1.807, 2.05) is 0 Å². The van der Waals surface area contributed by atoms with E-state index in [1.54, 1.807) is 0 Å². The average molecular weight is 508 g/mol. The highest BCUT2D eigenvalue weighted by atomic mass is 127. The maximum Gasteiger partial charge on any atom is 0.350 e. The van der Waals surface area contributed by atoms with Crippen molar-refractivity contribution >= 4 is 56.6 Å². The molecule has 0 radical (unpaired) electrons. The molecule has 0 saturated carbocycles. The van der Waals surface area contributed by atoms with Gasteiger partial charge in [0, 0.05) is 8.86 Å². The minimum atomic E-state index is -0.808. The van der Waals surface area contributed by atoms with E-state index in [2.05, 4.69) is 45.2 Å². The van der Waals surface area contributed by atoms with Crippen LogP contribution >= 0.6 is 45.2 Å². The predicted octanol–water partition coefficient (Wildman–Crippen LogP) is 3.13. The van der Waals surface area contributed by atoms with E-state index >= 15 is 0 Å². The number of nitrogens with zero attached hydrogens (tertiary/aromatic N) is 2. The van der Waals surface area contributed by atoms with Crippen LogP contribution in [0.25, 0.3) is 0 Å². The van der Waals surface area contributed by atoms with Gasteiger partial charge in [0.25, 0.3) is 0 Å². The van der Waals surface area contributed by atoms with Crippen LogP contribution in [0, 0.1) is 20.2 Å². The van der Waals surface area contributed by atoms with Crippen LogP contribution in [0.3, 0.4) is 0 Å². The van der Waals surface area contributed by atoms with Crippen LogP contribution in [-0.4, -0.2) is 31.9 Å². The summed E-state index contributed by atoms with van der Waals surface area (Å²) in [5, 5.41) is 21.8. The lowest BCUT2D eigenvalue weighted by Crippen LogP contribution is -2.05. The third kappa shape index (κ3) is 4.57. The molecule has 20 heavy (non-hydrogen) atoms. The van der Waals surface area contributed by atoms with Gasteiger partial charge in [0.2, 0.25) is 0 Å². The molecule has 0 atom stereocenters. The normalized spacial score (nSPS) is 10.1. The predicted molar refractivity (Wildman–Crippen MR) is 88.5 cm³/mol. The van der Waals surface area contributed by atoms with E-state index in [1.165, 1.54) is 0 Å². The number of nitro groups is 2. The second-order valence-corrected chi connectivity index (χ2v) is 5.53. The quantitative estimate of drug-likeness (QED) is 0.232. The van der Waals surface area contributed by atoms with E-state index < -0.39 is 21.2 Å². The SMILES string of the molecule is O=[N+]([O-])c1cc(OCCI)c(OCCI)cc1[N+](=O)[O-]. The van der Waals surface area contributed by atoms with Crippen molar-refractivity contribution in [3.8, 4) is 11.5 Å². The molecular weight excluding hydrogens is 498 g/mol. The van der Waals surface area contributed by atoms with Gasteiger partial charge in [-0.05, 0) is 0 Å². The molecule has 0 aromatic heterocycles. The number of benzene rings is 1. The Kier molecular flexibility index (Phi) is 7.18. The van der Waals surface area contributed by atoms with Gasteiger partial charge in [-0.25, -0.2) is 0 Å². The highest BCUT2D eigenvalue weighted by molar-refractivity contribution is 14.1. The second-order valence-electron chi connectivity index (χ2n) is 3.38. The van der Waals surface area contributed by atoms with E-state index in [9.17, 15) is 20.2 Å². The zero-order chi connectivity index (χ0) is 15.1. The van der Waals surface area contributed by atoms with Crippen LogP contribution in [0.4, 0.5) is 11.4 Å². The van der Waals surface area contributed by atoms with Crippen LogP contribution in [0.2, 0.25) is 0 Å². The molecule has 1 aromatic rings. The maximum atomic E-state index is 10.9. The fourth-order valence-electron chi connectivity index (χ4n) is 1.35. The topological polar surface area (TPSA) is 105 Å². The Morgan fingerprint density at radius 3 is 1.50 bits per heavy atom. The van der Waals surface area contributed by atoms with Crippen LogP contribution in [0.1, 0.15) is 0 Å². The molecule has 1 rings (SSSR count). The molecular formula is C10H10I2N2O6. The van der Waals surface area contributed by atoms with Gasteiger partial charge in [-0.15, -0.1) is 0 Å². The van der Waals surface area contributed by atoms with Crippen molar-refractivity contribution in [2.24, 2.45) is 0 Å². The summed E-state index contributed by atoms with van der Waals surface area (Å²) in [4.78, 5) is 20.1. The standard InChI is InChI=1S/C10H10I2N2O6/c11-1-3-19-9-5-7(13(15)16)8(14(17)18)6-10(9)20-4-2-12/h5-6H,1-4H2. The van der Waals surface area contributed by atoms with Crippen molar-refractivity contribution in [3.05, 3.63) is 32.4 Å². The molecule has 0 aliphatic heterocycles. The average Bonchev–Trinajstić information content (AvgIpc) is 2.42. The Labute approximate surface area is 141 Å². The molecule has 10 heteroatoms. The first kappa shape index (κ1) is 17.1. The minimum absolute atomic E-state index is 0.142. The van der Waals surface area contributed by atoms with Crippen molar-refractivity contribution < 1.29 is 19.3 Å². The molecule has 0 N–H and O–H groups in total. The molecule has 0 fully saturated rings. The third-order valence-corrected chi connectivity index (χ3v) is 2.98. The summed E-state index contributed by atoms with van der Waals surface area (Å²) in [5.74, 6) is 0.285. The molecule has 0 aliphatic carbocycles. The minimum Gasteiger partial charge on any atom is -0.489 e. The largest absolute Gasteiger partial charge is 0.489 e. The highest BCUT2D eigenvalue weighted by Gasteiger charge is 2.28. The fourth-order valence-corrected chi connectivity index (χ4v) is 1.79. The van der Waals surface area contributed by atoms with Crippen molar-refractivity contribution in [1.29, 1.82) is 0 Å². The molecule has 110 valence electrons. The van der Waals surface area contributed by atoms with E-state index in [0.717, 1.165) is 12.1 Å².